The molecule has 1 aromatic carbocycles. The summed E-state index contributed by atoms with van der Waals surface area (Å²) >= 11 is 3.55. The number of hydrogen-bond acceptors (Lipinski definition) is 2. The lowest BCUT2D eigenvalue weighted by Gasteiger charge is -2.30. The number of benzene rings is 1. The second kappa shape index (κ2) is 5.43. The molecule has 1 aliphatic heterocycles. The van der Waals surface area contributed by atoms with Crippen LogP contribution in [0.15, 0.2) is 28.7 Å². The average molecular weight is 302 g/mol. The van der Waals surface area contributed by atoms with Gasteiger partial charge >= 0.3 is 0 Å². The molecule has 16 heavy (non-hydrogen) atoms. The fourth-order valence-corrected chi connectivity index (χ4v) is 4.16. The molecule has 2 rings (SSSR count). The summed E-state index contributed by atoms with van der Waals surface area (Å²) in [4.78, 5) is 0. The molecule has 1 aromatic rings. The molecule has 0 aliphatic carbocycles. The second-order valence-corrected chi connectivity index (χ2v) is 6.52. The van der Waals surface area contributed by atoms with Crippen molar-refractivity contribution in [3.63, 3.8) is 0 Å². The molecule has 0 bridgehead atoms. The maximum absolute atomic E-state index is 11.8. The van der Waals surface area contributed by atoms with Crippen LogP contribution in [0.4, 0.5) is 0 Å². The van der Waals surface area contributed by atoms with E-state index in [-0.39, 0.29) is 6.04 Å². The Balaban J connectivity index is 2.21. The fraction of sp³-hybridized carbons (Fsp3) is 0.500. The molecule has 0 aromatic heterocycles. The molecule has 88 valence electrons. The zero-order valence-corrected chi connectivity index (χ0v) is 11.7. The quantitative estimate of drug-likeness (QED) is 0.910. The van der Waals surface area contributed by atoms with Crippen molar-refractivity contribution in [3.8, 4) is 0 Å². The van der Waals surface area contributed by atoms with Gasteiger partial charge in [-0.2, -0.15) is 0 Å². The molecule has 3 unspecified atom stereocenters. The zero-order valence-electron chi connectivity index (χ0n) is 9.28. The van der Waals surface area contributed by atoms with Crippen LogP contribution < -0.4 is 5.32 Å². The summed E-state index contributed by atoms with van der Waals surface area (Å²) in [5.41, 5.74) is 1.22. The van der Waals surface area contributed by atoms with Gasteiger partial charge in [0.15, 0.2) is 0 Å². The van der Waals surface area contributed by atoms with Crippen LogP contribution >= 0.6 is 15.9 Å². The summed E-state index contributed by atoms with van der Waals surface area (Å²) in [6.45, 7) is 2.14. The van der Waals surface area contributed by atoms with Gasteiger partial charge in [-0.3, -0.25) is 4.21 Å². The molecule has 2 nitrogen and oxygen atoms in total. The topological polar surface area (TPSA) is 29.1 Å². The van der Waals surface area contributed by atoms with Gasteiger partial charge in [0.25, 0.3) is 0 Å². The first-order valence-electron chi connectivity index (χ1n) is 5.56. The van der Waals surface area contributed by atoms with Gasteiger partial charge in [0.1, 0.15) is 0 Å². The molecule has 0 spiro atoms. The monoisotopic (exact) mass is 301 g/mol. The maximum Gasteiger partial charge on any atom is 0.0450 e. The van der Waals surface area contributed by atoms with E-state index in [1.54, 1.807) is 0 Å². The Morgan fingerprint density at radius 3 is 2.88 bits per heavy atom. The van der Waals surface area contributed by atoms with Gasteiger partial charge in [-0.15, -0.1) is 0 Å². The zero-order chi connectivity index (χ0) is 11.5. The Labute approximate surface area is 107 Å². The van der Waals surface area contributed by atoms with Crippen molar-refractivity contribution in [2.24, 2.45) is 0 Å². The first kappa shape index (κ1) is 12.3. The number of halogens is 1. The largest absolute Gasteiger partial charge is 0.305 e. The van der Waals surface area contributed by atoms with E-state index in [4.69, 9.17) is 0 Å². The Morgan fingerprint density at radius 1 is 1.44 bits per heavy atom. The summed E-state index contributed by atoms with van der Waals surface area (Å²) in [6.07, 6.45) is 1.03. The van der Waals surface area contributed by atoms with Crippen molar-refractivity contribution in [1.29, 1.82) is 0 Å². The summed E-state index contributed by atoms with van der Waals surface area (Å²) in [5.74, 6) is 1.51. The van der Waals surface area contributed by atoms with Crippen LogP contribution in [-0.2, 0) is 10.8 Å². The van der Waals surface area contributed by atoms with E-state index < -0.39 is 10.8 Å². The average Bonchev–Trinajstić information content (AvgIpc) is 2.28. The lowest BCUT2D eigenvalue weighted by atomic mass is 10.1. The highest BCUT2D eigenvalue weighted by molar-refractivity contribution is 9.10. The molecule has 0 saturated carbocycles. The molecule has 1 saturated heterocycles. The van der Waals surface area contributed by atoms with Crippen molar-refractivity contribution in [2.75, 3.05) is 11.5 Å². The highest BCUT2D eigenvalue weighted by Gasteiger charge is 2.26. The van der Waals surface area contributed by atoms with Crippen molar-refractivity contribution in [2.45, 2.75) is 25.4 Å². The van der Waals surface area contributed by atoms with E-state index in [1.807, 2.05) is 18.2 Å². The number of rotatable bonds is 2. The molecule has 4 heteroatoms. The second-order valence-electron chi connectivity index (χ2n) is 4.12. The molecular formula is C12H16BrNOS. The standard InChI is InChI=1S/C12H16BrNOS/c1-2-9-7-16(15)8-12(14-9)10-5-3-4-6-11(10)13/h3-6,9,12,14H,2,7-8H2,1H3. The first-order chi connectivity index (χ1) is 7.70. The van der Waals surface area contributed by atoms with Gasteiger partial charge in [-0.05, 0) is 18.1 Å². The third-order valence-electron chi connectivity index (χ3n) is 2.95. The minimum Gasteiger partial charge on any atom is -0.305 e. The first-order valence-corrected chi connectivity index (χ1v) is 7.84. The Hall–Kier alpha value is -0.190. The molecular weight excluding hydrogens is 286 g/mol. The Kier molecular flexibility index (Phi) is 4.16. The van der Waals surface area contributed by atoms with Crippen molar-refractivity contribution in [1.82, 2.24) is 5.32 Å². The van der Waals surface area contributed by atoms with E-state index in [0.717, 1.165) is 22.4 Å². The van der Waals surface area contributed by atoms with E-state index >= 15 is 0 Å². The number of hydrogen-bond donors (Lipinski definition) is 1. The van der Waals surface area contributed by atoms with Gasteiger partial charge in [0.2, 0.25) is 0 Å². The highest BCUT2D eigenvalue weighted by atomic mass is 79.9. The molecule has 0 amide bonds. The van der Waals surface area contributed by atoms with Crippen LogP contribution in [0.25, 0.3) is 0 Å². The van der Waals surface area contributed by atoms with E-state index in [2.05, 4.69) is 34.2 Å². The van der Waals surface area contributed by atoms with Gasteiger partial charge in [0.05, 0.1) is 0 Å². The summed E-state index contributed by atoms with van der Waals surface area (Å²) in [5, 5.41) is 3.57. The molecule has 1 aliphatic rings. The number of nitrogens with one attached hydrogen (secondary N) is 1. The van der Waals surface area contributed by atoms with Gasteiger partial charge < -0.3 is 5.32 Å². The van der Waals surface area contributed by atoms with Crippen LogP contribution in [0.5, 0.6) is 0 Å². The van der Waals surface area contributed by atoms with Crippen LogP contribution in [-0.4, -0.2) is 21.8 Å². The predicted octanol–water partition coefficient (Wildman–Crippen LogP) is 2.62. The predicted molar refractivity (Wildman–Crippen MR) is 72.0 cm³/mol. The normalized spacial score (nSPS) is 30.2. The molecule has 1 N–H and O–H groups in total. The van der Waals surface area contributed by atoms with Crippen molar-refractivity contribution < 1.29 is 4.21 Å². The van der Waals surface area contributed by atoms with Gasteiger partial charge in [-0.25, -0.2) is 0 Å². The van der Waals surface area contributed by atoms with Crippen molar-refractivity contribution >= 4 is 26.7 Å². The lowest BCUT2D eigenvalue weighted by Crippen LogP contribution is -2.44. The van der Waals surface area contributed by atoms with E-state index in [0.29, 0.717) is 6.04 Å². The Morgan fingerprint density at radius 2 is 2.19 bits per heavy atom. The molecule has 3 atom stereocenters. The smallest absolute Gasteiger partial charge is 0.0450 e. The summed E-state index contributed by atoms with van der Waals surface area (Å²) in [7, 11) is -0.692. The van der Waals surface area contributed by atoms with Crippen LogP contribution in [0.2, 0.25) is 0 Å². The van der Waals surface area contributed by atoms with Crippen molar-refractivity contribution in [3.05, 3.63) is 34.3 Å². The lowest BCUT2D eigenvalue weighted by molar-refractivity contribution is 0.455. The minimum absolute atomic E-state index is 0.218. The highest BCUT2D eigenvalue weighted by Crippen LogP contribution is 2.26. The third kappa shape index (κ3) is 2.73. The van der Waals surface area contributed by atoms with Crippen LogP contribution in [0, 0.1) is 0 Å². The fourth-order valence-electron chi connectivity index (χ4n) is 2.03. The van der Waals surface area contributed by atoms with E-state index in [9.17, 15) is 4.21 Å². The summed E-state index contributed by atoms with van der Waals surface area (Å²) < 4.78 is 12.9. The summed E-state index contributed by atoms with van der Waals surface area (Å²) in [6, 6.07) is 8.76. The molecule has 1 fully saturated rings. The van der Waals surface area contributed by atoms with E-state index in [1.165, 1.54) is 5.56 Å². The van der Waals surface area contributed by atoms with Crippen LogP contribution in [0.3, 0.4) is 0 Å². The molecule has 0 radical (unpaired) electrons. The SMILES string of the molecule is CCC1CS(=O)CC(c2ccccc2Br)N1. The van der Waals surface area contributed by atoms with Gasteiger partial charge in [0, 0.05) is 38.9 Å². The Bertz CT molecular complexity index is 396. The maximum atomic E-state index is 11.8. The third-order valence-corrected chi connectivity index (χ3v) is 5.15. The van der Waals surface area contributed by atoms with Gasteiger partial charge in [-0.1, -0.05) is 41.1 Å². The minimum atomic E-state index is -0.692. The van der Waals surface area contributed by atoms with Crippen LogP contribution in [0.1, 0.15) is 24.9 Å². The molecule has 1 heterocycles.